The number of rotatable bonds is 2. The lowest BCUT2D eigenvalue weighted by molar-refractivity contribution is 0.638. The van der Waals surface area contributed by atoms with Crippen LogP contribution in [0, 0.1) is 4.77 Å². The van der Waals surface area contributed by atoms with Crippen molar-refractivity contribution in [2.24, 2.45) is 0 Å². The molecule has 0 spiro atoms. The second kappa shape index (κ2) is 4.68. The normalized spacial score (nSPS) is 12.6. The van der Waals surface area contributed by atoms with Gasteiger partial charge in [-0.15, -0.1) is 5.10 Å². The molecule has 90 valence electrons. The van der Waals surface area contributed by atoms with Crippen molar-refractivity contribution in [3.8, 4) is 0 Å². The van der Waals surface area contributed by atoms with Gasteiger partial charge in [0, 0.05) is 10.0 Å². The summed E-state index contributed by atoms with van der Waals surface area (Å²) < 4.78 is 2.16. The predicted molar refractivity (Wildman–Crippen MR) is 72.1 cm³/mol. The number of halogens is 2. The highest BCUT2D eigenvalue weighted by Crippen LogP contribution is 2.29. The van der Waals surface area contributed by atoms with Crippen LogP contribution in [0.3, 0.4) is 0 Å². The Morgan fingerprint density at radius 2 is 2.18 bits per heavy atom. The van der Waals surface area contributed by atoms with Gasteiger partial charge in [-0.2, -0.15) is 0 Å². The highest BCUT2D eigenvalue weighted by atomic mass is 35.5. The molecule has 2 rings (SSSR count). The molecular formula is C10H10Cl2N4S. The van der Waals surface area contributed by atoms with Gasteiger partial charge in [0.25, 0.3) is 0 Å². The van der Waals surface area contributed by atoms with Crippen LogP contribution in [0.2, 0.25) is 10.0 Å². The van der Waals surface area contributed by atoms with Gasteiger partial charge in [0.05, 0.1) is 6.04 Å². The van der Waals surface area contributed by atoms with Gasteiger partial charge >= 0.3 is 0 Å². The maximum atomic E-state index is 6.14. The Labute approximate surface area is 113 Å². The molecule has 0 fully saturated rings. The molecule has 17 heavy (non-hydrogen) atoms. The van der Waals surface area contributed by atoms with Crippen molar-refractivity contribution < 1.29 is 0 Å². The molecule has 1 atom stereocenters. The van der Waals surface area contributed by atoms with E-state index < -0.39 is 0 Å². The van der Waals surface area contributed by atoms with Gasteiger partial charge in [-0.1, -0.05) is 29.3 Å². The average Bonchev–Trinajstić information content (AvgIpc) is 2.58. The summed E-state index contributed by atoms with van der Waals surface area (Å²) in [5.41, 5.74) is 6.63. The Kier molecular flexibility index (Phi) is 3.42. The van der Waals surface area contributed by atoms with Crippen molar-refractivity contribution in [2.75, 3.05) is 5.73 Å². The lowest BCUT2D eigenvalue weighted by atomic mass is 10.1. The van der Waals surface area contributed by atoms with E-state index in [1.165, 1.54) is 0 Å². The summed E-state index contributed by atoms with van der Waals surface area (Å²) in [5, 5.41) is 7.67. The van der Waals surface area contributed by atoms with Crippen molar-refractivity contribution in [2.45, 2.75) is 13.0 Å². The molecule has 0 saturated heterocycles. The Hall–Kier alpha value is -1.04. The molecule has 1 heterocycles. The van der Waals surface area contributed by atoms with Gasteiger partial charge in [0.15, 0.2) is 4.77 Å². The van der Waals surface area contributed by atoms with Gasteiger partial charge < -0.3 is 5.73 Å². The highest BCUT2D eigenvalue weighted by Gasteiger charge is 2.15. The molecule has 1 aromatic heterocycles. The van der Waals surface area contributed by atoms with Gasteiger partial charge in [-0.05, 0) is 36.8 Å². The minimum atomic E-state index is -0.106. The summed E-state index contributed by atoms with van der Waals surface area (Å²) in [5.74, 6) is 0.327. The summed E-state index contributed by atoms with van der Waals surface area (Å²) >= 11 is 17.1. The first-order valence-electron chi connectivity index (χ1n) is 4.88. The second-order valence-electron chi connectivity index (χ2n) is 3.60. The molecule has 3 N–H and O–H groups in total. The van der Waals surface area contributed by atoms with Crippen LogP contribution in [-0.4, -0.2) is 14.8 Å². The molecule has 4 nitrogen and oxygen atoms in total. The smallest absolute Gasteiger partial charge is 0.221 e. The first kappa shape index (κ1) is 12.4. The van der Waals surface area contributed by atoms with Crippen LogP contribution in [-0.2, 0) is 0 Å². The number of aromatic amines is 1. The van der Waals surface area contributed by atoms with Crippen LogP contribution < -0.4 is 5.73 Å². The molecule has 2 aromatic rings. The lowest BCUT2D eigenvalue weighted by Crippen LogP contribution is -2.10. The predicted octanol–water partition coefficient (Wildman–Crippen LogP) is 3.44. The van der Waals surface area contributed by atoms with Gasteiger partial charge in [0.1, 0.15) is 0 Å². The maximum absolute atomic E-state index is 6.14. The summed E-state index contributed by atoms with van der Waals surface area (Å²) in [6, 6.07) is 5.21. The van der Waals surface area contributed by atoms with E-state index in [0.717, 1.165) is 5.56 Å². The summed E-state index contributed by atoms with van der Waals surface area (Å²) in [6.45, 7) is 1.94. The fraction of sp³-hybridized carbons (Fsp3) is 0.200. The summed E-state index contributed by atoms with van der Waals surface area (Å²) in [7, 11) is 0. The van der Waals surface area contributed by atoms with Crippen molar-refractivity contribution in [3.05, 3.63) is 38.6 Å². The van der Waals surface area contributed by atoms with Crippen LogP contribution in [0.5, 0.6) is 0 Å². The van der Waals surface area contributed by atoms with E-state index in [0.29, 0.717) is 20.8 Å². The van der Waals surface area contributed by atoms with Crippen molar-refractivity contribution in [1.82, 2.24) is 14.8 Å². The number of aromatic nitrogens is 3. The number of nitrogens with zero attached hydrogens (tertiary/aromatic N) is 2. The van der Waals surface area contributed by atoms with Crippen molar-refractivity contribution in [3.63, 3.8) is 0 Å². The first-order chi connectivity index (χ1) is 8.00. The molecule has 0 aliphatic carbocycles. The molecule has 0 saturated carbocycles. The number of anilines is 1. The van der Waals surface area contributed by atoms with E-state index in [-0.39, 0.29) is 6.04 Å². The van der Waals surface area contributed by atoms with Crippen molar-refractivity contribution >= 4 is 41.4 Å². The standard InChI is InChI=1S/C10H10Cl2N4S/c1-5(16-9(13)14-15-10(16)17)7-3-2-6(11)4-8(7)12/h2-5H,1H3,(H2,13,14)(H,15,17). The van der Waals surface area contributed by atoms with Gasteiger partial charge in [0.2, 0.25) is 5.95 Å². The molecule has 0 aliphatic rings. The molecular weight excluding hydrogens is 279 g/mol. The highest BCUT2D eigenvalue weighted by molar-refractivity contribution is 7.71. The fourth-order valence-electron chi connectivity index (χ4n) is 1.67. The zero-order chi connectivity index (χ0) is 12.6. The topological polar surface area (TPSA) is 59.6 Å². The molecule has 7 heteroatoms. The SMILES string of the molecule is CC(c1ccc(Cl)cc1Cl)n1c(N)n[nH]c1=S. The third-order valence-corrected chi connectivity index (χ3v) is 3.38. The van der Waals surface area contributed by atoms with Crippen molar-refractivity contribution in [1.29, 1.82) is 0 Å². The Morgan fingerprint density at radius 1 is 1.47 bits per heavy atom. The fourth-order valence-corrected chi connectivity index (χ4v) is 2.53. The summed E-state index contributed by atoms with van der Waals surface area (Å²) in [4.78, 5) is 0. The molecule has 0 bridgehead atoms. The number of H-pyrrole nitrogens is 1. The zero-order valence-corrected chi connectivity index (χ0v) is 11.3. The lowest BCUT2D eigenvalue weighted by Gasteiger charge is -2.16. The number of hydrogen-bond donors (Lipinski definition) is 2. The Balaban J connectivity index is 2.51. The third kappa shape index (κ3) is 2.31. The van der Waals surface area contributed by atoms with E-state index in [2.05, 4.69) is 10.2 Å². The maximum Gasteiger partial charge on any atom is 0.221 e. The molecule has 0 radical (unpaired) electrons. The first-order valence-corrected chi connectivity index (χ1v) is 6.04. The van der Waals surface area contributed by atoms with E-state index in [9.17, 15) is 0 Å². The van der Waals surface area contributed by atoms with E-state index in [1.807, 2.05) is 13.0 Å². The Bertz CT molecular complexity index is 605. The van der Waals surface area contributed by atoms with Crippen LogP contribution in [0.15, 0.2) is 18.2 Å². The minimum absolute atomic E-state index is 0.106. The van der Waals surface area contributed by atoms with Crippen LogP contribution in [0.4, 0.5) is 5.95 Å². The quantitative estimate of drug-likeness (QED) is 0.833. The summed E-state index contributed by atoms with van der Waals surface area (Å²) in [6.07, 6.45) is 0. The molecule has 0 aliphatic heterocycles. The minimum Gasteiger partial charge on any atom is -0.368 e. The van der Waals surface area contributed by atoms with E-state index >= 15 is 0 Å². The number of benzene rings is 1. The number of nitrogens with one attached hydrogen (secondary N) is 1. The van der Waals surface area contributed by atoms with Gasteiger partial charge in [-0.25, -0.2) is 5.10 Å². The second-order valence-corrected chi connectivity index (χ2v) is 4.83. The molecule has 1 unspecified atom stereocenters. The number of hydrogen-bond acceptors (Lipinski definition) is 3. The van der Waals surface area contributed by atoms with Gasteiger partial charge in [-0.3, -0.25) is 4.57 Å². The van der Waals surface area contributed by atoms with E-state index in [4.69, 9.17) is 41.2 Å². The monoisotopic (exact) mass is 288 g/mol. The van der Waals surface area contributed by atoms with E-state index in [1.54, 1.807) is 16.7 Å². The molecule has 1 aromatic carbocycles. The van der Waals surface area contributed by atoms with Crippen LogP contribution in [0.25, 0.3) is 0 Å². The average molecular weight is 289 g/mol. The van der Waals surface area contributed by atoms with Crippen LogP contribution in [0.1, 0.15) is 18.5 Å². The number of nitrogen functional groups attached to an aromatic ring is 1. The zero-order valence-electron chi connectivity index (χ0n) is 8.95. The number of nitrogens with two attached hydrogens (primary N) is 1. The molecule has 0 amide bonds. The largest absolute Gasteiger partial charge is 0.368 e. The van der Waals surface area contributed by atoms with Crippen LogP contribution >= 0.6 is 35.4 Å². The Morgan fingerprint density at radius 3 is 2.71 bits per heavy atom. The third-order valence-electron chi connectivity index (χ3n) is 2.53.